The van der Waals surface area contributed by atoms with Crippen LogP contribution in [-0.2, 0) is 33.3 Å². The van der Waals surface area contributed by atoms with Crippen molar-refractivity contribution in [3.63, 3.8) is 0 Å². The summed E-state index contributed by atoms with van der Waals surface area (Å²) < 4.78 is 19.3. The molecule has 0 saturated carbocycles. The fourth-order valence-corrected chi connectivity index (χ4v) is 1.71. The number of carbonyl (C=O) groups excluding carboxylic acids is 3. The molecule has 1 fully saturated rings. The van der Waals surface area contributed by atoms with Crippen LogP contribution in [0.2, 0.25) is 0 Å². The lowest BCUT2D eigenvalue weighted by Crippen LogP contribution is -2.39. The largest absolute Gasteiger partial charge is 0.467 e. The molecule has 0 amide bonds. The van der Waals surface area contributed by atoms with Crippen molar-refractivity contribution < 1.29 is 33.3 Å². The van der Waals surface area contributed by atoms with E-state index in [4.69, 9.17) is 19.7 Å². The van der Waals surface area contributed by atoms with Crippen LogP contribution in [-0.4, -0.2) is 49.6 Å². The highest BCUT2D eigenvalue weighted by Gasteiger charge is 2.52. The second-order valence-electron chi connectivity index (χ2n) is 3.83. The average Bonchev–Trinajstić information content (AvgIpc) is 2.67. The fraction of sp³-hybridized carbons (Fsp3) is 0.700. The van der Waals surface area contributed by atoms with Gasteiger partial charge in [0.05, 0.1) is 7.11 Å². The minimum Gasteiger partial charge on any atom is -0.467 e. The third-order valence-corrected chi connectivity index (χ3v) is 2.40. The summed E-state index contributed by atoms with van der Waals surface area (Å²) in [6.07, 6.45) is -3.91. The van der Waals surface area contributed by atoms with Crippen LogP contribution >= 0.6 is 0 Å². The molecule has 0 aromatic heterocycles. The average molecular weight is 287 g/mol. The molecule has 1 heterocycles. The van der Waals surface area contributed by atoms with Crippen LogP contribution in [0.1, 0.15) is 13.8 Å². The molecule has 10 heteroatoms. The summed E-state index contributed by atoms with van der Waals surface area (Å²) in [5, 5.41) is 3.35. The van der Waals surface area contributed by atoms with E-state index in [-0.39, 0.29) is 0 Å². The number of hydrogen-bond donors (Lipinski definition) is 0. The molecular formula is C10H13N3O7. The fourth-order valence-electron chi connectivity index (χ4n) is 1.71. The second-order valence-corrected chi connectivity index (χ2v) is 3.83. The highest BCUT2D eigenvalue weighted by Crippen LogP contribution is 2.28. The lowest BCUT2D eigenvalue weighted by molar-refractivity contribution is -0.197. The van der Waals surface area contributed by atoms with Gasteiger partial charge in [-0.2, -0.15) is 0 Å². The number of methoxy groups -OCH3 is 1. The van der Waals surface area contributed by atoms with Gasteiger partial charge < -0.3 is 18.9 Å². The Balaban J connectivity index is 3.06. The Morgan fingerprint density at radius 3 is 2.25 bits per heavy atom. The van der Waals surface area contributed by atoms with Gasteiger partial charge in [-0.1, -0.05) is 5.11 Å². The smallest absolute Gasteiger partial charge is 0.335 e. The predicted molar refractivity (Wildman–Crippen MR) is 60.9 cm³/mol. The molecule has 1 rings (SSSR count). The van der Waals surface area contributed by atoms with Crippen molar-refractivity contribution in [1.82, 2.24) is 0 Å². The van der Waals surface area contributed by atoms with E-state index in [1.54, 1.807) is 0 Å². The summed E-state index contributed by atoms with van der Waals surface area (Å²) in [5.41, 5.74) is 8.52. The highest BCUT2D eigenvalue weighted by molar-refractivity contribution is 5.76. The first-order valence-electron chi connectivity index (χ1n) is 5.52. The Morgan fingerprint density at radius 2 is 1.80 bits per heavy atom. The monoisotopic (exact) mass is 287 g/mol. The van der Waals surface area contributed by atoms with E-state index in [1.165, 1.54) is 0 Å². The van der Waals surface area contributed by atoms with E-state index in [0.717, 1.165) is 21.0 Å². The lowest BCUT2D eigenvalue weighted by Gasteiger charge is -2.19. The van der Waals surface area contributed by atoms with Gasteiger partial charge in [-0.05, 0) is 5.53 Å². The van der Waals surface area contributed by atoms with Crippen LogP contribution < -0.4 is 0 Å². The molecule has 0 spiro atoms. The number of hydrogen-bond acceptors (Lipinski definition) is 8. The molecule has 1 unspecified atom stereocenters. The van der Waals surface area contributed by atoms with Crippen LogP contribution in [0.15, 0.2) is 5.11 Å². The zero-order chi connectivity index (χ0) is 15.3. The van der Waals surface area contributed by atoms with E-state index in [9.17, 15) is 14.4 Å². The van der Waals surface area contributed by atoms with Gasteiger partial charge in [0.1, 0.15) is 6.04 Å². The number of azide groups is 1. The molecule has 0 aromatic carbocycles. The maximum atomic E-state index is 11.6. The topological polar surface area (TPSA) is 137 Å². The summed E-state index contributed by atoms with van der Waals surface area (Å²) in [6.45, 7) is 2.23. The second kappa shape index (κ2) is 6.73. The molecule has 10 nitrogen and oxygen atoms in total. The molecule has 0 aliphatic carbocycles. The minimum atomic E-state index is -1.35. The minimum absolute atomic E-state index is 0.709. The maximum Gasteiger partial charge on any atom is 0.335 e. The van der Waals surface area contributed by atoms with E-state index in [2.05, 4.69) is 14.8 Å². The van der Waals surface area contributed by atoms with Crippen LogP contribution in [0.3, 0.4) is 0 Å². The van der Waals surface area contributed by atoms with Crippen molar-refractivity contribution in [1.29, 1.82) is 0 Å². The number of nitrogens with zero attached hydrogens (tertiary/aromatic N) is 3. The molecule has 0 aromatic rings. The molecule has 1 saturated heterocycles. The Kier molecular flexibility index (Phi) is 5.30. The Hall–Kier alpha value is -2.32. The first-order valence-corrected chi connectivity index (χ1v) is 5.52. The van der Waals surface area contributed by atoms with Gasteiger partial charge in [0, 0.05) is 18.8 Å². The van der Waals surface area contributed by atoms with E-state index in [0.29, 0.717) is 0 Å². The quantitative estimate of drug-likeness (QED) is 0.234. The molecule has 0 N–H and O–H groups in total. The van der Waals surface area contributed by atoms with Crippen LogP contribution in [0.4, 0.5) is 0 Å². The zero-order valence-electron chi connectivity index (χ0n) is 11.0. The third-order valence-electron chi connectivity index (χ3n) is 2.40. The van der Waals surface area contributed by atoms with E-state index >= 15 is 0 Å². The first kappa shape index (κ1) is 15.7. The van der Waals surface area contributed by atoms with Gasteiger partial charge in [0.15, 0.2) is 12.2 Å². The molecule has 1 aliphatic rings. The Morgan fingerprint density at radius 1 is 1.20 bits per heavy atom. The molecular weight excluding hydrogens is 274 g/mol. The summed E-state index contributed by atoms with van der Waals surface area (Å²) in [7, 11) is 1.11. The van der Waals surface area contributed by atoms with Crippen LogP contribution in [0, 0.1) is 0 Å². The summed E-state index contributed by atoms with van der Waals surface area (Å²) in [4.78, 5) is 36.1. The van der Waals surface area contributed by atoms with Crippen LogP contribution in [0.25, 0.3) is 10.4 Å². The molecule has 4 atom stereocenters. The van der Waals surface area contributed by atoms with Gasteiger partial charge in [-0.15, -0.1) is 0 Å². The number of rotatable bonds is 4. The van der Waals surface area contributed by atoms with E-state index in [1.807, 2.05) is 0 Å². The third kappa shape index (κ3) is 3.59. The van der Waals surface area contributed by atoms with Gasteiger partial charge in [-0.25, -0.2) is 4.79 Å². The van der Waals surface area contributed by atoms with Gasteiger partial charge in [0.2, 0.25) is 6.29 Å². The van der Waals surface area contributed by atoms with Crippen molar-refractivity contribution in [2.75, 3.05) is 7.11 Å². The number of ether oxygens (including phenoxy) is 4. The molecule has 0 bridgehead atoms. The molecule has 1 aliphatic heterocycles. The van der Waals surface area contributed by atoms with Crippen molar-refractivity contribution >= 4 is 17.9 Å². The first-order chi connectivity index (χ1) is 9.40. The molecule has 20 heavy (non-hydrogen) atoms. The Bertz CT molecular complexity index is 460. The predicted octanol–water partition coefficient (Wildman–Crippen LogP) is 0.0580. The SMILES string of the molecule is COC(=O)[C@H]1OC(OC(C)=O)[C@H](OC(C)=O)[C@H]1N=[N+]=[N-]. The summed E-state index contributed by atoms with van der Waals surface area (Å²) in [5.74, 6) is -2.26. The number of carbonyl (C=O) groups is 3. The lowest BCUT2D eigenvalue weighted by atomic mass is 10.1. The number of esters is 3. The van der Waals surface area contributed by atoms with E-state index < -0.39 is 42.4 Å². The van der Waals surface area contributed by atoms with Gasteiger partial charge in [-0.3, -0.25) is 9.59 Å². The van der Waals surface area contributed by atoms with Crippen molar-refractivity contribution in [3.8, 4) is 0 Å². The van der Waals surface area contributed by atoms with Crippen LogP contribution in [0.5, 0.6) is 0 Å². The zero-order valence-corrected chi connectivity index (χ0v) is 11.0. The van der Waals surface area contributed by atoms with Gasteiger partial charge >= 0.3 is 17.9 Å². The standard InChI is InChI=1S/C10H13N3O7/c1-4(14)18-8-6(12-13-11)7(9(16)17-3)20-10(8)19-5(2)15/h6-8,10H,1-3H3/t6-,7-,8+,10?/m0/s1. The normalized spacial score (nSPS) is 28.1. The molecule has 110 valence electrons. The summed E-state index contributed by atoms with van der Waals surface area (Å²) in [6, 6.07) is -1.19. The van der Waals surface area contributed by atoms with Crippen molar-refractivity contribution in [2.45, 2.75) is 38.4 Å². The molecule has 0 radical (unpaired) electrons. The summed E-state index contributed by atoms with van der Waals surface area (Å²) >= 11 is 0. The van der Waals surface area contributed by atoms with Crippen molar-refractivity contribution in [2.24, 2.45) is 5.11 Å². The Labute approximate surface area is 113 Å². The van der Waals surface area contributed by atoms with Crippen molar-refractivity contribution in [3.05, 3.63) is 10.4 Å². The maximum absolute atomic E-state index is 11.6. The highest BCUT2D eigenvalue weighted by atomic mass is 16.7. The van der Waals surface area contributed by atoms with Gasteiger partial charge in [0.25, 0.3) is 0 Å².